The van der Waals surface area contributed by atoms with Crippen LogP contribution in [0.15, 0.2) is 22.7 Å². The van der Waals surface area contributed by atoms with Crippen molar-refractivity contribution in [2.45, 2.75) is 39.0 Å². The van der Waals surface area contributed by atoms with Crippen molar-refractivity contribution in [2.24, 2.45) is 5.41 Å². The molecule has 1 aromatic carbocycles. The Bertz CT molecular complexity index is 359. The Hall–Kier alpha value is 0.280. The van der Waals surface area contributed by atoms with Gasteiger partial charge >= 0.3 is 0 Å². The quantitative estimate of drug-likeness (QED) is 0.624. The fourth-order valence-corrected chi connectivity index (χ4v) is 3.17. The van der Waals surface area contributed by atoms with Crippen LogP contribution in [0, 0.1) is 5.41 Å². The van der Waals surface area contributed by atoms with Crippen molar-refractivity contribution in [1.82, 2.24) is 0 Å². The average molecular weight is 324 g/mol. The van der Waals surface area contributed by atoms with Gasteiger partial charge in [-0.15, -0.1) is 11.6 Å². The topological polar surface area (TPSA) is 0 Å². The number of alkyl halides is 1. The largest absolute Gasteiger partial charge is 0.123 e. The summed E-state index contributed by atoms with van der Waals surface area (Å²) in [5.74, 6) is 0. The number of halogens is 3. The van der Waals surface area contributed by atoms with Crippen molar-refractivity contribution in [1.29, 1.82) is 0 Å². The third-order valence-electron chi connectivity index (χ3n) is 2.52. The van der Waals surface area contributed by atoms with Gasteiger partial charge in [0.1, 0.15) is 0 Å². The second-order valence-electron chi connectivity index (χ2n) is 5.06. The van der Waals surface area contributed by atoms with Gasteiger partial charge in [0, 0.05) is 14.9 Å². The third-order valence-corrected chi connectivity index (χ3v) is 3.52. The summed E-state index contributed by atoms with van der Waals surface area (Å²) in [7, 11) is 0. The zero-order valence-corrected chi connectivity index (χ0v) is 13.0. The maximum Gasteiger partial charge on any atom is 0.0449 e. The highest BCUT2D eigenvalue weighted by Crippen LogP contribution is 2.32. The molecule has 0 aromatic heterocycles. The van der Waals surface area contributed by atoms with E-state index < -0.39 is 0 Å². The van der Waals surface area contributed by atoms with E-state index in [4.69, 9.17) is 23.2 Å². The standard InChI is InChI=1S/C13H17BrCl2/c1-9(15)7-13(2,3)8-10-4-5-11(14)6-12(10)16/h4-6,9H,7-8H2,1-3H3. The molecular formula is C13H17BrCl2. The molecule has 1 atom stereocenters. The number of rotatable bonds is 4. The molecule has 0 heterocycles. The van der Waals surface area contributed by atoms with Crippen LogP contribution in [0.25, 0.3) is 0 Å². The minimum Gasteiger partial charge on any atom is -0.123 e. The molecule has 1 aromatic rings. The molecule has 0 spiro atoms. The van der Waals surface area contributed by atoms with Crippen molar-refractivity contribution in [3.8, 4) is 0 Å². The van der Waals surface area contributed by atoms with Crippen molar-refractivity contribution < 1.29 is 0 Å². The Balaban J connectivity index is 2.79. The summed E-state index contributed by atoms with van der Waals surface area (Å²) in [6, 6.07) is 6.05. The van der Waals surface area contributed by atoms with Crippen LogP contribution in [0.5, 0.6) is 0 Å². The van der Waals surface area contributed by atoms with Gasteiger partial charge in [0.15, 0.2) is 0 Å². The van der Waals surface area contributed by atoms with Crippen LogP contribution in [0.1, 0.15) is 32.8 Å². The Labute approximate surface area is 116 Å². The van der Waals surface area contributed by atoms with E-state index in [-0.39, 0.29) is 10.8 Å². The molecule has 1 unspecified atom stereocenters. The fraction of sp³-hybridized carbons (Fsp3) is 0.538. The first-order valence-corrected chi connectivity index (χ1v) is 6.99. The number of benzene rings is 1. The van der Waals surface area contributed by atoms with E-state index in [1.807, 2.05) is 19.1 Å². The Morgan fingerprint density at radius 1 is 1.38 bits per heavy atom. The summed E-state index contributed by atoms with van der Waals surface area (Å²) >= 11 is 15.7. The molecule has 0 N–H and O–H groups in total. The maximum absolute atomic E-state index is 6.21. The molecule has 90 valence electrons. The summed E-state index contributed by atoms with van der Waals surface area (Å²) in [6.07, 6.45) is 1.94. The van der Waals surface area contributed by atoms with Crippen LogP contribution in [-0.4, -0.2) is 5.38 Å². The van der Waals surface area contributed by atoms with Crippen molar-refractivity contribution >= 4 is 39.1 Å². The first-order valence-electron chi connectivity index (χ1n) is 5.38. The van der Waals surface area contributed by atoms with Gasteiger partial charge in [-0.05, 0) is 42.9 Å². The molecule has 0 aliphatic heterocycles. The third kappa shape index (κ3) is 4.65. The number of hydrogen-bond donors (Lipinski definition) is 0. The Morgan fingerprint density at radius 3 is 2.50 bits per heavy atom. The predicted molar refractivity (Wildman–Crippen MR) is 76.6 cm³/mol. The second-order valence-corrected chi connectivity index (χ2v) is 7.13. The molecular weight excluding hydrogens is 307 g/mol. The van der Waals surface area contributed by atoms with Crippen LogP contribution >= 0.6 is 39.1 Å². The van der Waals surface area contributed by atoms with Crippen LogP contribution in [0.3, 0.4) is 0 Å². The molecule has 0 saturated heterocycles. The molecule has 0 amide bonds. The van der Waals surface area contributed by atoms with Gasteiger partial charge in [-0.3, -0.25) is 0 Å². The molecule has 0 aliphatic carbocycles. The minimum atomic E-state index is 0.179. The van der Waals surface area contributed by atoms with Gasteiger partial charge in [0.25, 0.3) is 0 Å². The van der Waals surface area contributed by atoms with Gasteiger partial charge in [-0.25, -0.2) is 0 Å². The Kier molecular flexibility index (Phi) is 5.15. The molecule has 16 heavy (non-hydrogen) atoms. The molecule has 0 saturated carbocycles. The van der Waals surface area contributed by atoms with Crippen molar-refractivity contribution in [3.05, 3.63) is 33.3 Å². The molecule has 1 rings (SSSR count). The van der Waals surface area contributed by atoms with Crippen LogP contribution in [-0.2, 0) is 6.42 Å². The fourth-order valence-electron chi connectivity index (χ4n) is 2.01. The van der Waals surface area contributed by atoms with E-state index in [0.717, 1.165) is 22.3 Å². The average Bonchev–Trinajstić information content (AvgIpc) is 2.07. The molecule has 0 nitrogen and oxygen atoms in total. The predicted octanol–water partition coefficient (Wildman–Crippen LogP) is 5.69. The summed E-state index contributed by atoms with van der Waals surface area (Å²) in [5.41, 5.74) is 1.37. The molecule has 3 heteroatoms. The monoisotopic (exact) mass is 322 g/mol. The van der Waals surface area contributed by atoms with E-state index in [9.17, 15) is 0 Å². The molecule has 0 aliphatic rings. The molecule has 0 radical (unpaired) electrons. The maximum atomic E-state index is 6.21. The lowest BCUT2D eigenvalue weighted by Crippen LogP contribution is -2.19. The summed E-state index contributed by atoms with van der Waals surface area (Å²) in [6.45, 7) is 6.49. The lowest BCUT2D eigenvalue weighted by Gasteiger charge is -2.26. The van der Waals surface area contributed by atoms with Gasteiger partial charge in [-0.2, -0.15) is 0 Å². The van der Waals surface area contributed by atoms with E-state index in [0.29, 0.717) is 0 Å². The Morgan fingerprint density at radius 2 is 2.00 bits per heavy atom. The van der Waals surface area contributed by atoms with Gasteiger partial charge in [0.2, 0.25) is 0 Å². The lowest BCUT2D eigenvalue weighted by molar-refractivity contribution is 0.331. The summed E-state index contributed by atoms with van der Waals surface area (Å²) < 4.78 is 1.02. The van der Waals surface area contributed by atoms with Crippen LogP contribution < -0.4 is 0 Å². The highest BCUT2D eigenvalue weighted by Gasteiger charge is 2.21. The highest BCUT2D eigenvalue weighted by atomic mass is 79.9. The highest BCUT2D eigenvalue weighted by molar-refractivity contribution is 9.10. The molecule has 0 bridgehead atoms. The SMILES string of the molecule is CC(Cl)CC(C)(C)Cc1ccc(Br)cc1Cl. The normalized spacial score (nSPS) is 13.9. The van der Waals surface area contributed by atoms with Gasteiger partial charge < -0.3 is 0 Å². The summed E-state index contributed by atoms with van der Waals surface area (Å²) in [5, 5.41) is 1.02. The molecule has 0 fully saturated rings. The minimum absolute atomic E-state index is 0.179. The summed E-state index contributed by atoms with van der Waals surface area (Å²) in [4.78, 5) is 0. The van der Waals surface area contributed by atoms with Gasteiger partial charge in [-0.1, -0.05) is 47.4 Å². The van der Waals surface area contributed by atoms with Crippen LogP contribution in [0.2, 0.25) is 5.02 Å². The van der Waals surface area contributed by atoms with E-state index in [1.165, 1.54) is 5.56 Å². The van der Waals surface area contributed by atoms with E-state index >= 15 is 0 Å². The van der Waals surface area contributed by atoms with E-state index in [2.05, 4.69) is 35.8 Å². The first-order chi connectivity index (χ1) is 7.30. The van der Waals surface area contributed by atoms with Crippen LogP contribution in [0.4, 0.5) is 0 Å². The smallest absolute Gasteiger partial charge is 0.0449 e. The van der Waals surface area contributed by atoms with E-state index in [1.54, 1.807) is 0 Å². The number of hydrogen-bond acceptors (Lipinski definition) is 0. The lowest BCUT2D eigenvalue weighted by atomic mass is 9.82. The zero-order chi connectivity index (χ0) is 12.3. The van der Waals surface area contributed by atoms with Crippen molar-refractivity contribution in [3.63, 3.8) is 0 Å². The zero-order valence-electron chi connectivity index (χ0n) is 9.86. The van der Waals surface area contributed by atoms with Gasteiger partial charge in [0.05, 0.1) is 0 Å². The van der Waals surface area contributed by atoms with Crippen molar-refractivity contribution in [2.75, 3.05) is 0 Å². The first kappa shape index (κ1) is 14.3. The second kappa shape index (κ2) is 5.75.